The fraction of sp³-hybridized carbons (Fsp3) is 0.294. The minimum atomic E-state index is -4.55. The quantitative estimate of drug-likeness (QED) is 0.185. The number of hydrogen-bond acceptors (Lipinski definition) is 5. The summed E-state index contributed by atoms with van der Waals surface area (Å²) in [5.74, 6) is 1.48. The van der Waals surface area contributed by atoms with Crippen molar-refractivity contribution in [3.8, 4) is 23.0 Å². The SMILES string of the molecule is COCc1cc(Cc2cc(C)c(Oc3ccc(N)cc3C)c(CCO)c2)cc(C)c1Oc1ccc(C)cc1C(F)(F)F. The Labute approximate surface area is 244 Å². The normalized spacial score (nSPS) is 11.5. The lowest BCUT2D eigenvalue weighted by molar-refractivity contribution is -0.138. The first-order chi connectivity index (χ1) is 19.9. The van der Waals surface area contributed by atoms with Crippen molar-refractivity contribution in [2.45, 2.75) is 53.3 Å². The molecule has 4 rings (SSSR count). The van der Waals surface area contributed by atoms with Gasteiger partial charge in [0.1, 0.15) is 23.0 Å². The van der Waals surface area contributed by atoms with Gasteiger partial charge in [-0.2, -0.15) is 13.2 Å². The number of ether oxygens (including phenoxy) is 3. The Balaban J connectivity index is 1.67. The first-order valence-corrected chi connectivity index (χ1v) is 13.6. The number of aryl methyl sites for hydroxylation is 4. The van der Waals surface area contributed by atoms with Crippen LogP contribution < -0.4 is 15.2 Å². The number of nitrogen functional groups attached to an aromatic ring is 1. The third-order valence-electron chi connectivity index (χ3n) is 6.98. The number of nitrogens with two attached hydrogens (primary N) is 1. The van der Waals surface area contributed by atoms with Gasteiger partial charge in [-0.1, -0.05) is 29.8 Å². The van der Waals surface area contributed by atoms with Crippen LogP contribution >= 0.6 is 0 Å². The van der Waals surface area contributed by atoms with Crippen molar-refractivity contribution in [3.05, 3.63) is 111 Å². The molecule has 0 amide bonds. The first kappa shape index (κ1) is 30.9. The predicted octanol–water partition coefficient (Wildman–Crippen LogP) is 8.38. The maximum Gasteiger partial charge on any atom is 0.419 e. The summed E-state index contributed by atoms with van der Waals surface area (Å²) in [5.41, 5.74) is 12.2. The van der Waals surface area contributed by atoms with E-state index in [-0.39, 0.29) is 19.0 Å². The van der Waals surface area contributed by atoms with Crippen molar-refractivity contribution in [2.24, 2.45) is 0 Å². The Morgan fingerprint density at radius 2 is 1.33 bits per heavy atom. The van der Waals surface area contributed by atoms with Crippen LogP contribution in [0.4, 0.5) is 18.9 Å². The molecule has 0 fully saturated rings. The van der Waals surface area contributed by atoms with Crippen LogP contribution in [0.25, 0.3) is 0 Å². The number of alkyl halides is 3. The van der Waals surface area contributed by atoms with E-state index in [0.29, 0.717) is 52.5 Å². The molecule has 0 radical (unpaired) electrons. The lowest BCUT2D eigenvalue weighted by Crippen LogP contribution is -2.08. The number of aliphatic hydroxyl groups is 1. The summed E-state index contributed by atoms with van der Waals surface area (Å²) in [7, 11) is 1.53. The third kappa shape index (κ3) is 7.24. The van der Waals surface area contributed by atoms with Crippen LogP contribution in [0.15, 0.2) is 60.7 Å². The maximum absolute atomic E-state index is 13.8. The fourth-order valence-electron chi connectivity index (χ4n) is 5.12. The molecule has 0 saturated heterocycles. The second kappa shape index (κ2) is 12.9. The van der Waals surface area contributed by atoms with E-state index in [0.717, 1.165) is 33.9 Å². The summed E-state index contributed by atoms with van der Waals surface area (Å²) < 4.78 is 58.9. The van der Waals surface area contributed by atoms with Gasteiger partial charge >= 0.3 is 6.18 Å². The molecule has 0 atom stereocenters. The van der Waals surface area contributed by atoms with Gasteiger partial charge in [-0.25, -0.2) is 0 Å². The summed E-state index contributed by atoms with van der Waals surface area (Å²) in [6.45, 7) is 7.44. The van der Waals surface area contributed by atoms with Crippen LogP contribution in [0.2, 0.25) is 0 Å². The lowest BCUT2D eigenvalue weighted by atomic mass is 9.95. The number of hydrogen-bond donors (Lipinski definition) is 2. The highest BCUT2D eigenvalue weighted by atomic mass is 19.4. The smallest absolute Gasteiger partial charge is 0.419 e. The Hall–Kier alpha value is -4.01. The van der Waals surface area contributed by atoms with Crippen molar-refractivity contribution in [2.75, 3.05) is 19.5 Å². The van der Waals surface area contributed by atoms with E-state index in [1.54, 1.807) is 19.1 Å². The van der Waals surface area contributed by atoms with Crippen molar-refractivity contribution in [3.63, 3.8) is 0 Å². The summed E-state index contributed by atoms with van der Waals surface area (Å²) in [6.07, 6.45) is -3.59. The molecule has 0 aromatic heterocycles. The van der Waals surface area contributed by atoms with Crippen LogP contribution in [0.5, 0.6) is 23.0 Å². The Kier molecular flexibility index (Phi) is 9.49. The Morgan fingerprint density at radius 1 is 0.738 bits per heavy atom. The molecule has 0 spiro atoms. The molecule has 5 nitrogen and oxygen atoms in total. The van der Waals surface area contributed by atoms with Gasteiger partial charge in [0.15, 0.2) is 0 Å². The zero-order valence-electron chi connectivity index (χ0n) is 24.5. The molecule has 4 aromatic rings. The molecule has 8 heteroatoms. The van der Waals surface area contributed by atoms with Crippen LogP contribution in [0.3, 0.4) is 0 Å². The van der Waals surface area contributed by atoms with Gasteiger partial charge in [-0.05, 0) is 110 Å². The average molecular weight is 580 g/mol. The first-order valence-electron chi connectivity index (χ1n) is 13.6. The number of benzene rings is 4. The standard InChI is InChI=1S/C34H36F3NO4/c1-20-6-8-31(29(12-20)34(35,36)37)42-33-23(4)14-25(18-27(33)19-40-5)16-24-13-22(3)32(26(17-24)10-11-39)41-30-9-7-28(38)15-21(30)2/h6-9,12-15,17-18,39H,10-11,16,19,38H2,1-5H3. The Bertz CT molecular complexity index is 1580. The van der Waals surface area contributed by atoms with Crippen molar-refractivity contribution in [1.82, 2.24) is 0 Å². The monoisotopic (exact) mass is 579 g/mol. The average Bonchev–Trinajstić information content (AvgIpc) is 2.90. The summed E-state index contributed by atoms with van der Waals surface area (Å²) in [5, 5.41) is 9.77. The maximum atomic E-state index is 13.8. The van der Waals surface area contributed by atoms with Crippen molar-refractivity contribution >= 4 is 5.69 Å². The van der Waals surface area contributed by atoms with E-state index < -0.39 is 11.7 Å². The summed E-state index contributed by atoms with van der Waals surface area (Å²) in [4.78, 5) is 0. The molecule has 42 heavy (non-hydrogen) atoms. The molecule has 0 heterocycles. The van der Waals surface area contributed by atoms with Gasteiger partial charge in [0.05, 0.1) is 12.2 Å². The molecule has 4 aromatic carbocycles. The minimum absolute atomic E-state index is 0.0397. The van der Waals surface area contributed by atoms with Gasteiger partial charge in [-0.15, -0.1) is 0 Å². The van der Waals surface area contributed by atoms with E-state index >= 15 is 0 Å². The Morgan fingerprint density at radius 3 is 1.93 bits per heavy atom. The summed E-state index contributed by atoms with van der Waals surface area (Å²) in [6, 6.07) is 17.4. The largest absolute Gasteiger partial charge is 0.457 e. The van der Waals surface area contributed by atoms with Gasteiger partial charge in [0.2, 0.25) is 0 Å². The number of aliphatic hydroxyl groups excluding tert-OH is 1. The molecule has 0 aliphatic heterocycles. The summed E-state index contributed by atoms with van der Waals surface area (Å²) >= 11 is 0. The number of methoxy groups -OCH3 is 1. The van der Waals surface area contributed by atoms with Crippen molar-refractivity contribution in [1.29, 1.82) is 0 Å². The third-order valence-corrected chi connectivity index (χ3v) is 6.98. The van der Waals surface area contributed by atoms with E-state index in [1.807, 2.05) is 57.2 Å². The van der Waals surface area contributed by atoms with Gasteiger partial charge in [0, 0.05) is 25.0 Å². The number of rotatable bonds is 10. The van der Waals surface area contributed by atoms with Crippen LogP contribution in [0, 0.1) is 27.7 Å². The molecular weight excluding hydrogens is 543 g/mol. The van der Waals surface area contributed by atoms with E-state index in [9.17, 15) is 18.3 Å². The lowest BCUT2D eigenvalue weighted by Gasteiger charge is -2.20. The zero-order chi connectivity index (χ0) is 30.6. The molecule has 0 aliphatic rings. The van der Waals surface area contributed by atoms with Crippen LogP contribution in [-0.4, -0.2) is 18.8 Å². The highest BCUT2D eigenvalue weighted by Gasteiger charge is 2.35. The number of halogens is 3. The van der Waals surface area contributed by atoms with E-state index in [4.69, 9.17) is 19.9 Å². The van der Waals surface area contributed by atoms with Gasteiger partial charge < -0.3 is 25.1 Å². The number of anilines is 1. The molecule has 0 bridgehead atoms. The van der Waals surface area contributed by atoms with Gasteiger partial charge in [-0.3, -0.25) is 0 Å². The van der Waals surface area contributed by atoms with E-state index in [1.165, 1.54) is 13.2 Å². The molecular formula is C34H36F3NO4. The highest BCUT2D eigenvalue weighted by Crippen LogP contribution is 2.41. The fourth-order valence-corrected chi connectivity index (χ4v) is 5.12. The highest BCUT2D eigenvalue weighted by molar-refractivity contribution is 5.53. The minimum Gasteiger partial charge on any atom is -0.457 e. The van der Waals surface area contributed by atoms with Gasteiger partial charge in [0.25, 0.3) is 0 Å². The molecule has 0 saturated carbocycles. The van der Waals surface area contributed by atoms with Crippen molar-refractivity contribution < 1.29 is 32.5 Å². The predicted molar refractivity (Wildman–Crippen MR) is 159 cm³/mol. The van der Waals surface area contributed by atoms with Crippen LogP contribution in [-0.2, 0) is 30.4 Å². The molecule has 222 valence electrons. The second-order valence-electron chi connectivity index (χ2n) is 10.6. The molecule has 3 N–H and O–H groups in total. The molecule has 0 unspecified atom stereocenters. The van der Waals surface area contributed by atoms with Crippen LogP contribution in [0.1, 0.15) is 50.1 Å². The second-order valence-corrected chi connectivity index (χ2v) is 10.6. The zero-order valence-corrected chi connectivity index (χ0v) is 24.5. The van der Waals surface area contributed by atoms with E-state index in [2.05, 4.69) is 0 Å². The molecule has 0 aliphatic carbocycles. The topological polar surface area (TPSA) is 73.9 Å².